The smallest absolute Gasteiger partial charge is 0.249 e. The Morgan fingerprint density at radius 1 is 0.357 bits per heavy atom. The molecule has 6 heteroatoms. The molecule has 0 spiro atoms. The Hall–Kier alpha value is -1.21. The van der Waals surface area contributed by atoms with Crippen LogP contribution < -0.4 is 5.32 Å². The minimum Gasteiger partial charge on any atom is -0.394 e. The summed E-state index contributed by atoms with van der Waals surface area (Å²) in [5.74, 6) is -0.579. The molecule has 0 bridgehead atoms. The van der Waals surface area contributed by atoms with Crippen molar-refractivity contribution < 1.29 is 25.2 Å². The lowest BCUT2D eigenvalue weighted by atomic mass is 9.99. The molecule has 70 heavy (non-hydrogen) atoms. The Morgan fingerprint density at radius 3 is 0.900 bits per heavy atom. The highest BCUT2D eigenvalue weighted by atomic mass is 16.3. The fraction of sp³-hybridized carbons (Fsp3) is 0.922. The maximum absolute atomic E-state index is 12.6. The molecule has 0 saturated carbocycles. The van der Waals surface area contributed by atoms with Crippen LogP contribution in [0.5, 0.6) is 0 Å². The maximum atomic E-state index is 12.6. The van der Waals surface area contributed by atoms with Crippen LogP contribution in [0.2, 0.25) is 0 Å². The zero-order chi connectivity index (χ0) is 50.9. The zero-order valence-corrected chi connectivity index (χ0v) is 47.3. The van der Waals surface area contributed by atoms with Gasteiger partial charge in [-0.2, -0.15) is 0 Å². The molecule has 0 aromatic heterocycles. The van der Waals surface area contributed by atoms with Crippen LogP contribution >= 0.6 is 0 Å². The number of hydrogen-bond acceptors (Lipinski definition) is 5. The molecule has 0 saturated heterocycles. The monoisotopic (exact) mass is 988 g/mol. The van der Waals surface area contributed by atoms with E-state index in [1.807, 2.05) is 0 Å². The number of allylic oxidation sites excluding steroid dienone is 4. The van der Waals surface area contributed by atoms with Gasteiger partial charge in [0.05, 0.1) is 18.8 Å². The van der Waals surface area contributed by atoms with E-state index in [0.29, 0.717) is 12.8 Å². The third-order valence-corrected chi connectivity index (χ3v) is 15.2. The molecule has 0 rings (SSSR count). The Kier molecular flexibility index (Phi) is 57.7. The summed E-state index contributed by atoms with van der Waals surface area (Å²) < 4.78 is 0. The average Bonchev–Trinajstić information content (AvgIpc) is 3.36. The molecule has 4 unspecified atom stereocenters. The molecular formula is C64H125NO5. The van der Waals surface area contributed by atoms with Crippen molar-refractivity contribution in [3.05, 3.63) is 24.3 Å². The molecule has 1 amide bonds. The van der Waals surface area contributed by atoms with Gasteiger partial charge in [-0.25, -0.2) is 0 Å². The van der Waals surface area contributed by atoms with E-state index in [1.165, 1.54) is 276 Å². The summed E-state index contributed by atoms with van der Waals surface area (Å²) in [4.78, 5) is 12.6. The van der Waals surface area contributed by atoms with Gasteiger partial charge < -0.3 is 25.7 Å². The van der Waals surface area contributed by atoms with E-state index >= 15 is 0 Å². The van der Waals surface area contributed by atoms with Gasteiger partial charge >= 0.3 is 0 Å². The van der Waals surface area contributed by atoms with Crippen molar-refractivity contribution in [3.8, 4) is 0 Å². The summed E-state index contributed by atoms with van der Waals surface area (Å²) in [6.07, 6.45) is 72.8. The normalized spacial score (nSPS) is 13.7. The van der Waals surface area contributed by atoms with Crippen LogP contribution in [0.4, 0.5) is 0 Å². The van der Waals surface area contributed by atoms with Crippen molar-refractivity contribution in [3.63, 3.8) is 0 Å². The molecule has 5 N–H and O–H groups in total. The molecule has 0 aromatic rings. The molecule has 0 aliphatic rings. The Bertz CT molecular complexity index is 1060. The Labute approximate surface area is 437 Å². The lowest BCUT2D eigenvalue weighted by Gasteiger charge is -2.27. The van der Waals surface area contributed by atoms with Crippen LogP contribution in [-0.4, -0.2) is 57.3 Å². The number of nitrogens with one attached hydrogen (secondary N) is 1. The minimum atomic E-state index is -1.26. The van der Waals surface area contributed by atoms with Gasteiger partial charge in [-0.15, -0.1) is 0 Å². The molecule has 0 aliphatic heterocycles. The van der Waals surface area contributed by atoms with Crippen LogP contribution in [0, 0.1) is 0 Å². The molecule has 4 atom stereocenters. The Balaban J connectivity index is 3.52. The summed E-state index contributed by atoms with van der Waals surface area (Å²) in [5.41, 5.74) is 0. The van der Waals surface area contributed by atoms with Crippen LogP contribution in [0.1, 0.15) is 348 Å². The number of hydrogen-bond donors (Lipinski definition) is 5. The SMILES string of the molecule is CCCCCCCCCCCCCCCCC/C=C\C/C=C\CCCCCCCCCCCCCCCCCCC(O)C(=O)NC(CO)C(O)C(O)CCCCCCCCCCCCCCCCCC. The van der Waals surface area contributed by atoms with Crippen LogP contribution in [0.25, 0.3) is 0 Å². The molecule has 416 valence electrons. The first-order valence-corrected chi connectivity index (χ1v) is 31.7. The average molecular weight is 989 g/mol. The number of carbonyl (C=O) groups excluding carboxylic acids is 1. The summed E-state index contributed by atoms with van der Waals surface area (Å²) >= 11 is 0. The highest BCUT2D eigenvalue weighted by Gasteiger charge is 2.28. The number of amides is 1. The van der Waals surface area contributed by atoms with E-state index in [-0.39, 0.29) is 0 Å². The number of unbranched alkanes of at least 4 members (excludes halogenated alkanes) is 46. The van der Waals surface area contributed by atoms with Gasteiger partial charge in [0.2, 0.25) is 5.91 Å². The second kappa shape index (κ2) is 58.7. The third-order valence-electron chi connectivity index (χ3n) is 15.2. The summed E-state index contributed by atoms with van der Waals surface area (Å²) in [6, 6.07) is -0.984. The highest BCUT2D eigenvalue weighted by molar-refractivity contribution is 5.80. The van der Waals surface area contributed by atoms with Crippen molar-refractivity contribution in [1.82, 2.24) is 5.32 Å². The van der Waals surface area contributed by atoms with Gasteiger partial charge in [-0.3, -0.25) is 4.79 Å². The van der Waals surface area contributed by atoms with Crippen molar-refractivity contribution >= 4 is 5.91 Å². The molecule has 0 fully saturated rings. The largest absolute Gasteiger partial charge is 0.394 e. The van der Waals surface area contributed by atoms with Crippen molar-refractivity contribution in [1.29, 1.82) is 0 Å². The van der Waals surface area contributed by atoms with Gasteiger partial charge in [-0.05, 0) is 44.9 Å². The van der Waals surface area contributed by atoms with Gasteiger partial charge in [-0.1, -0.05) is 327 Å². The van der Waals surface area contributed by atoms with E-state index < -0.39 is 36.9 Å². The van der Waals surface area contributed by atoms with Crippen molar-refractivity contribution in [2.24, 2.45) is 0 Å². The number of rotatable bonds is 59. The van der Waals surface area contributed by atoms with E-state index in [1.54, 1.807) is 0 Å². The van der Waals surface area contributed by atoms with E-state index in [0.717, 1.165) is 44.9 Å². The second-order valence-corrected chi connectivity index (χ2v) is 22.1. The van der Waals surface area contributed by atoms with Crippen LogP contribution in [0.15, 0.2) is 24.3 Å². The van der Waals surface area contributed by atoms with Crippen LogP contribution in [-0.2, 0) is 4.79 Å². The first-order valence-electron chi connectivity index (χ1n) is 31.7. The van der Waals surface area contributed by atoms with Gasteiger partial charge in [0.15, 0.2) is 0 Å². The fourth-order valence-corrected chi connectivity index (χ4v) is 10.2. The maximum Gasteiger partial charge on any atom is 0.249 e. The fourth-order valence-electron chi connectivity index (χ4n) is 10.2. The predicted molar refractivity (Wildman–Crippen MR) is 307 cm³/mol. The summed E-state index contributed by atoms with van der Waals surface area (Å²) in [7, 11) is 0. The number of aliphatic hydroxyl groups is 4. The predicted octanol–water partition coefficient (Wildman–Crippen LogP) is 19.0. The zero-order valence-electron chi connectivity index (χ0n) is 47.3. The summed E-state index contributed by atoms with van der Waals surface area (Å²) in [6.45, 7) is 4.09. The van der Waals surface area contributed by atoms with Crippen LogP contribution in [0.3, 0.4) is 0 Å². The first kappa shape index (κ1) is 68.8. The van der Waals surface area contributed by atoms with Gasteiger partial charge in [0.1, 0.15) is 12.2 Å². The van der Waals surface area contributed by atoms with E-state index in [9.17, 15) is 25.2 Å². The second-order valence-electron chi connectivity index (χ2n) is 22.1. The lowest BCUT2D eigenvalue weighted by molar-refractivity contribution is -0.132. The molecule has 0 radical (unpaired) electrons. The molecule has 0 aromatic carbocycles. The number of carbonyl (C=O) groups is 1. The molecule has 0 aliphatic carbocycles. The quantitative estimate of drug-likeness (QED) is 0.0308. The van der Waals surface area contributed by atoms with Gasteiger partial charge in [0, 0.05) is 0 Å². The topological polar surface area (TPSA) is 110 Å². The van der Waals surface area contributed by atoms with Gasteiger partial charge in [0.25, 0.3) is 0 Å². The van der Waals surface area contributed by atoms with E-state index in [2.05, 4.69) is 43.5 Å². The molecule has 6 nitrogen and oxygen atoms in total. The van der Waals surface area contributed by atoms with Crippen molar-refractivity contribution in [2.45, 2.75) is 372 Å². The Morgan fingerprint density at radius 2 is 0.614 bits per heavy atom. The standard InChI is InChI=1S/C64H125NO5/c1-3-5-7-9-11-13-15-17-19-21-22-23-24-25-26-27-28-29-30-31-32-33-34-35-36-37-38-39-40-41-42-44-46-48-50-52-54-56-58-62(68)64(70)65-60(59-66)63(69)61(67)57-55-53-51-49-47-45-43-20-18-16-14-12-10-8-6-4-2/h28-29,31-32,60-63,66-69H,3-27,30,33-59H2,1-2H3,(H,65,70)/b29-28-,32-31-. The van der Waals surface area contributed by atoms with Crippen molar-refractivity contribution in [2.75, 3.05) is 6.61 Å². The lowest BCUT2D eigenvalue weighted by Crippen LogP contribution is -2.53. The molecular weight excluding hydrogens is 863 g/mol. The summed E-state index contributed by atoms with van der Waals surface area (Å²) in [5, 5.41) is 44.0. The van der Waals surface area contributed by atoms with E-state index in [4.69, 9.17) is 0 Å². The first-order chi connectivity index (χ1) is 34.5. The number of aliphatic hydroxyl groups excluding tert-OH is 4. The minimum absolute atomic E-state index is 0.372. The third kappa shape index (κ3) is 51.7. The molecule has 0 heterocycles. The highest BCUT2D eigenvalue weighted by Crippen LogP contribution is 2.19.